The largest absolute Gasteiger partial charge is 0.383 e. The van der Waals surface area contributed by atoms with Crippen molar-refractivity contribution in [3.05, 3.63) is 23.9 Å². The molecule has 2 saturated heterocycles. The number of thioether (sulfide) groups is 1. The summed E-state index contributed by atoms with van der Waals surface area (Å²) in [6.45, 7) is 0.861. The van der Waals surface area contributed by atoms with Gasteiger partial charge < -0.3 is 10.5 Å². The number of pyridine rings is 1. The van der Waals surface area contributed by atoms with Crippen LogP contribution in [0.4, 0.5) is 5.82 Å². The molecule has 3 nitrogen and oxygen atoms in total. The summed E-state index contributed by atoms with van der Waals surface area (Å²) in [6, 6.07) is 4.10. The molecule has 1 spiro atoms. The summed E-state index contributed by atoms with van der Waals surface area (Å²) in [4.78, 5) is 4.20. The molecule has 0 radical (unpaired) electrons. The van der Waals surface area contributed by atoms with Crippen molar-refractivity contribution >= 4 is 17.6 Å². The van der Waals surface area contributed by atoms with E-state index in [0.29, 0.717) is 11.7 Å². The average Bonchev–Trinajstić information content (AvgIpc) is 2.78. The highest BCUT2D eigenvalue weighted by Gasteiger charge is 2.41. The van der Waals surface area contributed by atoms with E-state index in [-0.39, 0.29) is 5.60 Å². The van der Waals surface area contributed by atoms with Gasteiger partial charge in [0.25, 0.3) is 0 Å². The second-order valence-electron chi connectivity index (χ2n) is 5.00. The number of hydrogen-bond donors (Lipinski definition) is 1. The lowest BCUT2D eigenvalue weighted by Crippen LogP contribution is -2.39. The third kappa shape index (κ3) is 2.16. The van der Waals surface area contributed by atoms with E-state index in [1.54, 1.807) is 6.20 Å². The molecule has 2 aliphatic rings. The van der Waals surface area contributed by atoms with Gasteiger partial charge in [-0.3, -0.25) is 0 Å². The molecule has 0 amide bonds. The van der Waals surface area contributed by atoms with Crippen LogP contribution in [0.1, 0.15) is 30.7 Å². The molecular weight excluding hydrogens is 232 g/mol. The normalized spacial score (nSPS) is 33.1. The zero-order chi connectivity index (χ0) is 11.7. The quantitative estimate of drug-likeness (QED) is 0.831. The predicted molar refractivity (Wildman–Crippen MR) is 71.2 cm³/mol. The van der Waals surface area contributed by atoms with Gasteiger partial charge in [-0.1, -0.05) is 6.07 Å². The van der Waals surface area contributed by atoms with Gasteiger partial charge in [0.1, 0.15) is 5.82 Å². The van der Waals surface area contributed by atoms with Crippen LogP contribution >= 0.6 is 11.8 Å². The molecule has 2 unspecified atom stereocenters. The highest BCUT2D eigenvalue weighted by molar-refractivity contribution is 7.99. The number of nitrogens with two attached hydrogens (primary N) is 1. The van der Waals surface area contributed by atoms with E-state index in [4.69, 9.17) is 10.5 Å². The summed E-state index contributed by atoms with van der Waals surface area (Å²) in [5, 5.41) is 0. The van der Waals surface area contributed by atoms with Gasteiger partial charge in [0.2, 0.25) is 0 Å². The number of aromatic nitrogens is 1. The number of hydrogen-bond acceptors (Lipinski definition) is 4. The second-order valence-corrected chi connectivity index (χ2v) is 6.11. The molecule has 1 aromatic rings. The SMILES string of the molecule is Nc1ncccc1C1CCOC2(CCSC2)C1. The Bertz CT molecular complexity index is 404. The number of rotatable bonds is 1. The molecule has 2 N–H and O–H groups in total. The van der Waals surface area contributed by atoms with Crippen molar-refractivity contribution in [1.29, 1.82) is 0 Å². The fourth-order valence-corrected chi connectivity index (χ4v) is 4.31. The average molecular weight is 250 g/mol. The lowest BCUT2D eigenvalue weighted by atomic mass is 9.81. The Labute approximate surface area is 106 Å². The minimum Gasteiger partial charge on any atom is -0.383 e. The van der Waals surface area contributed by atoms with Crippen LogP contribution in [0.25, 0.3) is 0 Å². The number of anilines is 1. The summed E-state index contributed by atoms with van der Waals surface area (Å²) in [7, 11) is 0. The van der Waals surface area contributed by atoms with Crippen molar-refractivity contribution < 1.29 is 4.74 Å². The highest BCUT2D eigenvalue weighted by Crippen LogP contribution is 2.44. The maximum absolute atomic E-state index is 6.04. The van der Waals surface area contributed by atoms with Crippen LogP contribution in [-0.2, 0) is 4.74 Å². The smallest absolute Gasteiger partial charge is 0.126 e. The summed E-state index contributed by atoms with van der Waals surface area (Å²) >= 11 is 2.01. The van der Waals surface area contributed by atoms with Gasteiger partial charge in [-0.25, -0.2) is 4.98 Å². The first-order valence-corrected chi connectivity index (χ1v) is 7.37. The van der Waals surface area contributed by atoms with Crippen LogP contribution in [0.2, 0.25) is 0 Å². The number of nitrogen functional groups attached to an aromatic ring is 1. The predicted octanol–water partition coefficient (Wildman–Crippen LogP) is 2.43. The maximum Gasteiger partial charge on any atom is 0.126 e. The summed E-state index contributed by atoms with van der Waals surface area (Å²) < 4.78 is 6.04. The van der Waals surface area contributed by atoms with Gasteiger partial charge in [0.05, 0.1) is 5.60 Å². The first kappa shape index (κ1) is 11.4. The third-order valence-corrected chi connectivity index (χ3v) is 5.09. The zero-order valence-corrected chi connectivity index (χ0v) is 10.7. The summed E-state index contributed by atoms with van der Waals surface area (Å²) in [5.74, 6) is 3.59. The van der Waals surface area contributed by atoms with Gasteiger partial charge in [-0.05, 0) is 42.6 Å². The van der Waals surface area contributed by atoms with E-state index in [1.165, 1.54) is 17.7 Å². The van der Waals surface area contributed by atoms with E-state index in [9.17, 15) is 0 Å². The van der Waals surface area contributed by atoms with Gasteiger partial charge in [0, 0.05) is 18.6 Å². The van der Waals surface area contributed by atoms with Crippen molar-refractivity contribution in [3.63, 3.8) is 0 Å². The minimum atomic E-state index is 0.121. The first-order valence-electron chi connectivity index (χ1n) is 6.21. The lowest BCUT2D eigenvalue weighted by molar-refractivity contribution is -0.0666. The van der Waals surface area contributed by atoms with Crippen molar-refractivity contribution in [3.8, 4) is 0 Å². The molecule has 3 rings (SSSR count). The van der Waals surface area contributed by atoms with E-state index in [1.807, 2.05) is 17.8 Å². The Balaban J connectivity index is 1.82. The molecule has 0 bridgehead atoms. The van der Waals surface area contributed by atoms with Gasteiger partial charge in [0.15, 0.2) is 0 Å². The minimum absolute atomic E-state index is 0.121. The molecule has 2 atom stereocenters. The first-order chi connectivity index (χ1) is 8.29. The molecular formula is C13H18N2OS. The molecule has 4 heteroatoms. The van der Waals surface area contributed by atoms with E-state index in [0.717, 1.165) is 25.2 Å². The fourth-order valence-electron chi connectivity index (χ4n) is 2.93. The van der Waals surface area contributed by atoms with E-state index in [2.05, 4.69) is 11.1 Å². The molecule has 92 valence electrons. The van der Waals surface area contributed by atoms with Crippen molar-refractivity contribution in [2.45, 2.75) is 30.8 Å². The van der Waals surface area contributed by atoms with Crippen molar-refractivity contribution in [2.24, 2.45) is 0 Å². The van der Waals surface area contributed by atoms with Crippen LogP contribution in [0.15, 0.2) is 18.3 Å². The van der Waals surface area contributed by atoms with Gasteiger partial charge in [-0.2, -0.15) is 11.8 Å². The van der Waals surface area contributed by atoms with Gasteiger partial charge >= 0.3 is 0 Å². The number of nitrogens with zero attached hydrogens (tertiary/aromatic N) is 1. The molecule has 1 aromatic heterocycles. The van der Waals surface area contributed by atoms with Gasteiger partial charge in [-0.15, -0.1) is 0 Å². The Kier molecular flexibility index (Phi) is 3.01. The van der Waals surface area contributed by atoms with Crippen LogP contribution < -0.4 is 5.73 Å². The lowest BCUT2D eigenvalue weighted by Gasteiger charge is -2.38. The summed E-state index contributed by atoms with van der Waals surface area (Å²) in [5.41, 5.74) is 7.32. The topological polar surface area (TPSA) is 48.1 Å². The van der Waals surface area contributed by atoms with Crippen LogP contribution in [0.3, 0.4) is 0 Å². The number of ether oxygens (including phenoxy) is 1. The fraction of sp³-hybridized carbons (Fsp3) is 0.615. The Morgan fingerprint density at radius 3 is 3.24 bits per heavy atom. The second kappa shape index (κ2) is 4.50. The maximum atomic E-state index is 6.04. The third-order valence-electron chi connectivity index (χ3n) is 3.87. The molecule has 0 saturated carbocycles. The molecule has 0 aliphatic carbocycles. The van der Waals surface area contributed by atoms with E-state index >= 15 is 0 Å². The Hall–Kier alpha value is -0.740. The summed E-state index contributed by atoms with van der Waals surface area (Å²) in [6.07, 6.45) is 5.13. The van der Waals surface area contributed by atoms with E-state index < -0.39 is 0 Å². The standard InChI is InChI=1S/C13H18N2OS/c14-12-11(2-1-5-15-12)10-3-6-16-13(8-10)4-7-17-9-13/h1-2,5,10H,3-4,6-9H2,(H2,14,15). The molecule has 0 aromatic carbocycles. The van der Waals surface area contributed by atoms with Crippen LogP contribution in [-0.4, -0.2) is 28.7 Å². The Morgan fingerprint density at radius 2 is 2.47 bits per heavy atom. The van der Waals surface area contributed by atoms with Crippen molar-refractivity contribution in [2.75, 3.05) is 23.8 Å². The molecule has 3 heterocycles. The zero-order valence-electron chi connectivity index (χ0n) is 9.89. The van der Waals surface area contributed by atoms with Crippen LogP contribution in [0.5, 0.6) is 0 Å². The molecule has 2 fully saturated rings. The van der Waals surface area contributed by atoms with Crippen LogP contribution in [0, 0.1) is 0 Å². The Morgan fingerprint density at radius 1 is 1.53 bits per heavy atom. The molecule has 2 aliphatic heterocycles. The van der Waals surface area contributed by atoms with Crippen molar-refractivity contribution in [1.82, 2.24) is 4.98 Å². The monoisotopic (exact) mass is 250 g/mol. The molecule has 17 heavy (non-hydrogen) atoms. The highest BCUT2D eigenvalue weighted by atomic mass is 32.2.